The van der Waals surface area contributed by atoms with Crippen molar-refractivity contribution in [3.8, 4) is 11.4 Å². The van der Waals surface area contributed by atoms with Crippen molar-refractivity contribution in [1.29, 1.82) is 0 Å². The number of benzene rings is 1. The zero-order chi connectivity index (χ0) is 16.4. The summed E-state index contributed by atoms with van der Waals surface area (Å²) in [5.74, 6) is 7.87. The fraction of sp³-hybridized carbons (Fsp3) is 0.267. The van der Waals surface area contributed by atoms with Crippen LogP contribution in [0.4, 0.5) is 0 Å². The van der Waals surface area contributed by atoms with Crippen LogP contribution in [-0.4, -0.2) is 19.9 Å². The van der Waals surface area contributed by atoms with Crippen molar-refractivity contribution in [3.63, 3.8) is 0 Å². The fourth-order valence-corrected chi connectivity index (χ4v) is 3.87. The van der Waals surface area contributed by atoms with Crippen LogP contribution in [0.15, 0.2) is 34.8 Å². The van der Waals surface area contributed by atoms with Crippen molar-refractivity contribution in [2.24, 2.45) is 0 Å². The van der Waals surface area contributed by atoms with Gasteiger partial charge in [0.1, 0.15) is 0 Å². The molecule has 0 atom stereocenters. The molecule has 0 spiro atoms. The van der Waals surface area contributed by atoms with E-state index in [4.69, 9.17) is 17.4 Å². The minimum absolute atomic E-state index is 0.450. The Kier molecular flexibility index (Phi) is 4.89. The molecule has 5 nitrogen and oxygen atoms in total. The van der Waals surface area contributed by atoms with Crippen molar-refractivity contribution >= 4 is 34.7 Å². The molecule has 0 saturated heterocycles. The Bertz CT molecular complexity index is 812. The molecule has 23 heavy (non-hydrogen) atoms. The van der Waals surface area contributed by atoms with Gasteiger partial charge in [-0.1, -0.05) is 49.3 Å². The molecule has 1 aromatic carbocycles. The predicted octanol–water partition coefficient (Wildman–Crippen LogP) is 4.18. The van der Waals surface area contributed by atoms with Crippen LogP contribution in [0.25, 0.3) is 11.4 Å². The molecule has 0 aliphatic heterocycles. The number of hydrogen-bond donors (Lipinski definition) is 1. The lowest BCUT2D eigenvalue weighted by atomic mass is 10.2. The molecule has 0 fully saturated rings. The summed E-state index contributed by atoms with van der Waals surface area (Å²) in [5, 5.41) is 12.8. The largest absolute Gasteiger partial charge is 0.335 e. The summed E-state index contributed by atoms with van der Waals surface area (Å²) in [5.41, 5.74) is 1.88. The third-order valence-corrected chi connectivity index (χ3v) is 5.57. The molecule has 0 bridgehead atoms. The number of nitrogens with two attached hydrogens (primary N) is 1. The molecule has 2 N–H and O–H groups in total. The van der Waals surface area contributed by atoms with E-state index >= 15 is 0 Å². The van der Waals surface area contributed by atoms with Crippen molar-refractivity contribution in [3.05, 3.63) is 45.4 Å². The van der Waals surface area contributed by atoms with Gasteiger partial charge in [0.2, 0.25) is 5.16 Å². The first-order valence-electron chi connectivity index (χ1n) is 7.08. The summed E-state index contributed by atoms with van der Waals surface area (Å²) in [7, 11) is 0. The van der Waals surface area contributed by atoms with Gasteiger partial charge in [-0.25, -0.2) is 9.66 Å². The van der Waals surface area contributed by atoms with Gasteiger partial charge in [-0.05, 0) is 12.1 Å². The number of aromatic nitrogens is 4. The molecule has 0 unspecified atom stereocenters. The SMILES string of the molecule is CC(C)c1nc(CSc2nnc(-c3cccc(Cl)c3)n2N)cs1. The maximum absolute atomic E-state index is 6.11. The number of thiazole rings is 1. The summed E-state index contributed by atoms with van der Waals surface area (Å²) >= 11 is 9.22. The minimum atomic E-state index is 0.450. The molecule has 0 amide bonds. The second kappa shape index (κ2) is 6.90. The Morgan fingerprint density at radius 2 is 2.17 bits per heavy atom. The van der Waals surface area contributed by atoms with Crippen LogP contribution in [0.1, 0.15) is 30.5 Å². The van der Waals surface area contributed by atoms with E-state index in [-0.39, 0.29) is 0 Å². The van der Waals surface area contributed by atoms with E-state index < -0.39 is 0 Å². The number of thioether (sulfide) groups is 1. The number of nitrogens with zero attached hydrogens (tertiary/aromatic N) is 4. The average Bonchev–Trinajstić information content (AvgIpc) is 3.12. The quantitative estimate of drug-likeness (QED) is 0.542. The molecule has 120 valence electrons. The van der Waals surface area contributed by atoms with Crippen LogP contribution in [0, 0.1) is 0 Å². The van der Waals surface area contributed by atoms with Crippen molar-refractivity contribution in [2.45, 2.75) is 30.7 Å². The van der Waals surface area contributed by atoms with E-state index in [2.05, 4.69) is 34.4 Å². The van der Waals surface area contributed by atoms with Gasteiger partial charge in [-0.3, -0.25) is 0 Å². The first-order chi connectivity index (χ1) is 11.0. The fourth-order valence-electron chi connectivity index (χ4n) is 1.99. The molecule has 8 heteroatoms. The molecule has 0 saturated carbocycles. The van der Waals surface area contributed by atoms with Gasteiger partial charge < -0.3 is 5.84 Å². The Morgan fingerprint density at radius 1 is 1.35 bits per heavy atom. The van der Waals surface area contributed by atoms with Gasteiger partial charge in [-0.2, -0.15) is 0 Å². The topological polar surface area (TPSA) is 69.6 Å². The summed E-state index contributed by atoms with van der Waals surface area (Å²) < 4.78 is 1.49. The van der Waals surface area contributed by atoms with Gasteiger partial charge in [0.25, 0.3) is 0 Å². The van der Waals surface area contributed by atoms with E-state index in [1.807, 2.05) is 24.3 Å². The van der Waals surface area contributed by atoms with Crippen LogP contribution in [-0.2, 0) is 5.75 Å². The van der Waals surface area contributed by atoms with Gasteiger partial charge in [0.15, 0.2) is 5.82 Å². The van der Waals surface area contributed by atoms with Crippen LogP contribution >= 0.6 is 34.7 Å². The minimum Gasteiger partial charge on any atom is -0.335 e. The Hall–Kier alpha value is -1.57. The second-order valence-corrected chi connectivity index (χ2v) is 7.58. The van der Waals surface area contributed by atoms with Gasteiger partial charge in [-0.15, -0.1) is 21.5 Å². The molecule has 3 rings (SSSR count). The zero-order valence-electron chi connectivity index (χ0n) is 12.7. The average molecular weight is 366 g/mol. The Morgan fingerprint density at radius 3 is 2.87 bits per heavy atom. The summed E-state index contributed by atoms with van der Waals surface area (Å²) in [6, 6.07) is 7.40. The first kappa shape index (κ1) is 16.3. The third-order valence-electron chi connectivity index (χ3n) is 3.16. The molecule has 3 aromatic rings. The lowest BCUT2D eigenvalue weighted by molar-refractivity contribution is 0.841. The molecule has 2 heterocycles. The summed E-state index contributed by atoms with van der Waals surface area (Å²) in [6.45, 7) is 4.28. The molecule has 0 aliphatic carbocycles. The lowest BCUT2D eigenvalue weighted by Gasteiger charge is -2.03. The predicted molar refractivity (Wildman–Crippen MR) is 96.4 cm³/mol. The second-order valence-electron chi connectivity index (χ2n) is 5.31. The van der Waals surface area contributed by atoms with Crippen LogP contribution in [0.3, 0.4) is 0 Å². The maximum Gasteiger partial charge on any atom is 0.210 e. The van der Waals surface area contributed by atoms with Crippen LogP contribution in [0.2, 0.25) is 5.02 Å². The van der Waals surface area contributed by atoms with Crippen molar-refractivity contribution < 1.29 is 0 Å². The zero-order valence-corrected chi connectivity index (χ0v) is 15.1. The van der Waals surface area contributed by atoms with Crippen LogP contribution in [0.5, 0.6) is 0 Å². The van der Waals surface area contributed by atoms with Gasteiger partial charge >= 0.3 is 0 Å². The van der Waals surface area contributed by atoms with E-state index in [1.54, 1.807) is 11.3 Å². The number of halogens is 1. The summed E-state index contributed by atoms with van der Waals surface area (Å²) in [4.78, 5) is 4.61. The van der Waals surface area contributed by atoms with E-state index in [0.717, 1.165) is 16.3 Å². The van der Waals surface area contributed by atoms with Crippen molar-refractivity contribution in [1.82, 2.24) is 19.9 Å². The highest BCUT2D eigenvalue weighted by molar-refractivity contribution is 7.98. The van der Waals surface area contributed by atoms with E-state index in [9.17, 15) is 0 Å². The monoisotopic (exact) mass is 365 g/mol. The molecule has 2 aromatic heterocycles. The van der Waals surface area contributed by atoms with Crippen molar-refractivity contribution in [2.75, 3.05) is 5.84 Å². The number of rotatable bonds is 5. The maximum atomic E-state index is 6.11. The summed E-state index contributed by atoms with van der Waals surface area (Å²) in [6.07, 6.45) is 0. The molecular formula is C15H16ClN5S2. The standard InChI is InChI=1S/C15H16ClN5S2/c1-9(2)14-18-12(7-22-14)8-23-15-20-19-13(21(15)17)10-4-3-5-11(16)6-10/h3-7,9H,8,17H2,1-2H3. The third kappa shape index (κ3) is 3.68. The highest BCUT2D eigenvalue weighted by Gasteiger charge is 2.13. The van der Waals surface area contributed by atoms with Crippen LogP contribution < -0.4 is 5.84 Å². The van der Waals surface area contributed by atoms with E-state index in [0.29, 0.717) is 27.7 Å². The first-order valence-corrected chi connectivity index (χ1v) is 9.32. The smallest absolute Gasteiger partial charge is 0.210 e. The highest BCUT2D eigenvalue weighted by atomic mass is 35.5. The molecule has 0 radical (unpaired) electrons. The Balaban J connectivity index is 1.74. The normalized spacial score (nSPS) is 11.3. The number of hydrogen-bond acceptors (Lipinski definition) is 6. The number of nitrogen functional groups attached to an aromatic ring is 1. The Labute approximate surface area is 147 Å². The van der Waals surface area contributed by atoms with E-state index in [1.165, 1.54) is 16.4 Å². The van der Waals surface area contributed by atoms with Gasteiger partial charge in [0.05, 0.1) is 10.7 Å². The molecule has 0 aliphatic rings. The highest BCUT2D eigenvalue weighted by Crippen LogP contribution is 2.27. The van der Waals surface area contributed by atoms with Gasteiger partial charge in [0, 0.05) is 27.6 Å². The molecular weight excluding hydrogens is 350 g/mol. The lowest BCUT2D eigenvalue weighted by Crippen LogP contribution is -2.11.